The van der Waals surface area contributed by atoms with Gasteiger partial charge in [-0.1, -0.05) is 19.3 Å². The summed E-state index contributed by atoms with van der Waals surface area (Å²) in [6.45, 7) is 5.00. The van der Waals surface area contributed by atoms with E-state index in [2.05, 4.69) is 15.2 Å². The Hall–Kier alpha value is -0.0400. The summed E-state index contributed by atoms with van der Waals surface area (Å²) < 4.78 is 5.69. The van der Waals surface area contributed by atoms with Crippen molar-refractivity contribution >= 4 is 29.9 Å². The smallest absolute Gasteiger partial charge is 0.193 e. The van der Waals surface area contributed by atoms with Crippen molar-refractivity contribution in [3.05, 3.63) is 0 Å². The lowest BCUT2D eigenvalue weighted by molar-refractivity contribution is 0.128. The first-order valence-electron chi connectivity index (χ1n) is 8.85. The van der Waals surface area contributed by atoms with E-state index >= 15 is 0 Å². The topological polar surface area (TPSA) is 36.9 Å². The van der Waals surface area contributed by atoms with E-state index < -0.39 is 0 Å². The molecule has 0 unspecified atom stereocenters. The molecule has 3 aliphatic rings. The normalized spacial score (nSPS) is 24.4. The Labute approximate surface area is 152 Å². The number of hydrogen-bond acceptors (Lipinski definition) is 2. The molecule has 0 bridgehead atoms. The van der Waals surface area contributed by atoms with Gasteiger partial charge in [0.25, 0.3) is 0 Å². The molecule has 1 N–H and O–H groups in total. The molecule has 2 aliphatic carbocycles. The van der Waals surface area contributed by atoms with Crippen LogP contribution in [0.1, 0.15) is 51.4 Å². The molecule has 22 heavy (non-hydrogen) atoms. The maximum atomic E-state index is 5.69. The average molecular weight is 421 g/mol. The molecule has 4 nitrogen and oxygen atoms in total. The van der Waals surface area contributed by atoms with Crippen molar-refractivity contribution in [2.45, 2.75) is 51.4 Å². The zero-order valence-corrected chi connectivity index (χ0v) is 16.3. The maximum absolute atomic E-state index is 5.69. The fraction of sp³-hybridized carbons (Fsp3) is 0.941. The van der Waals surface area contributed by atoms with Crippen LogP contribution >= 0.6 is 24.0 Å². The molecule has 3 fully saturated rings. The minimum Gasteiger partial charge on any atom is -0.379 e. The monoisotopic (exact) mass is 421 g/mol. The predicted octanol–water partition coefficient (Wildman–Crippen LogP) is 3.26. The van der Waals surface area contributed by atoms with Crippen LogP contribution in [-0.4, -0.2) is 50.8 Å². The van der Waals surface area contributed by atoms with Crippen LogP contribution in [0.5, 0.6) is 0 Å². The zero-order chi connectivity index (χ0) is 14.5. The highest BCUT2D eigenvalue weighted by Gasteiger charge is 2.39. The molecule has 128 valence electrons. The van der Waals surface area contributed by atoms with Crippen LogP contribution in [0, 0.1) is 11.3 Å². The lowest BCUT2D eigenvalue weighted by Crippen LogP contribution is -2.42. The van der Waals surface area contributed by atoms with Gasteiger partial charge in [0.15, 0.2) is 5.96 Å². The van der Waals surface area contributed by atoms with Gasteiger partial charge in [-0.05, 0) is 43.4 Å². The molecule has 5 heteroatoms. The average Bonchev–Trinajstić information content (AvgIpc) is 3.26. The van der Waals surface area contributed by atoms with Crippen molar-refractivity contribution < 1.29 is 4.74 Å². The summed E-state index contributed by atoms with van der Waals surface area (Å²) in [7, 11) is 1.90. The van der Waals surface area contributed by atoms with Gasteiger partial charge < -0.3 is 15.0 Å². The van der Waals surface area contributed by atoms with E-state index in [1.165, 1.54) is 64.5 Å². The van der Waals surface area contributed by atoms with Crippen molar-refractivity contribution in [2.24, 2.45) is 16.3 Å². The zero-order valence-electron chi connectivity index (χ0n) is 14.0. The van der Waals surface area contributed by atoms with Crippen LogP contribution in [0.25, 0.3) is 0 Å². The third kappa shape index (κ3) is 4.98. The number of nitrogens with one attached hydrogen (secondary N) is 1. The van der Waals surface area contributed by atoms with Crippen LogP contribution in [-0.2, 0) is 4.74 Å². The second kappa shape index (κ2) is 8.71. The van der Waals surface area contributed by atoms with Crippen LogP contribution in [0.4, 0.5) is 0 Å². The van der Waals surface area contributed by atoms with Crippen LogP contribution < -0.4 is 5.32 Å². The van der Waals surface area contributed by atoms with Gasteiger partial charge in [-0.15, -0.1) is 24.0 Å². The molecule has 3 rings (SSSR count). The number of nitrogens with zero attached hydrogens (tertiary/aromatic N) is 2. The van der Waals surface area contributed by atoms with Gasteiger partial charge in [-0.2, -0.15) is 0 Å². The fourth-order valence-corrected chi connectivity index (χ4v) is 3.93. The van der Waals surface area contributed by atoms with Gasteiger partial charge in [0.05, 0.1) is 6.61 Å². The Morgan fingerprint density at radius 1 is 1.23 bits per heavy atom. The molecule has 0 radical (unpaired) electrons. The Morgan fingerprint density at radius 2 is 2.00 bits per heavy atom. The number of aliphatic imine (C=N–C) groups is 1. The Balaban J connectivity index is 0.00000176. The van der Waals surface area contributed by atoms with Crippen molar-refractivity contribution in [1.29, 1.82) is 0 Å². The van der Waals surface area contributed by atoms with E-state index in [1.54, 1.807) is 0 Å². The van der Waals surface area contributed by atoms with Crippen molar-refractivity contribution in [1.82, 2.24) is 10.2 Å². The van der Waals surface area contributed by atoms with Crippen molar-refractivity contribution in [2.75, 3.05) is 39.9 Å². The largest absolute Gasteiger partial charge is 0.379 e. The van der Waals surface area contributed by atoms with Gasteiger partial charge in [-0.3, -0.25) is 4.99 Å². The first-order chi connectivity index (χ1) is 10.3. The third-order valence-electron chi connectivity index (χ3n) is 5.44. The molecule has 1 spiro atoms. The van der Waals surface area contributed by atoms with E-state index in [4.69, 9.17) is 4.74 Å². The summed E-state index contributed by atoms with van der Waals surface area (Å²) in [6.07, 6.45) is 11.2. The first kappa shape index (κ1) is 18.3. The number of ether oxygens (including phenoxy) is 1. The minimum atomic E-state index is 0. The quantitative estimate of drug-likeness (QED) is 0.321. The third-order valence-corrected chi connectivity index (χ3v) is 5.44. The highest BCUT2D eigenvalue weighted by Crippen LogP contribution is 2.43. The SMILES string of the molecule is CN=C(NCCOCC1CC1)N1CCC2(CCCCC2)C1.I. The predicted molar refractivity (Wildman–Crippen MR) is 102 cm³/mol. The molecule has 2 saturated carbocycles. The van der Waals surface area contributed by atoms with Crippen LogP contribution in [0.3, 0.4) is 0 Å². The van der Waals surface area contributed by atoms with Crippen molar-refractivity contribution in [3.63, 3.8) is 0 Å². The van der Waals surface area contributed by atoms with E-state index in [9.17, 15) is 0 Å². The molecule has 0 aromatic rings. The molecular weight excluding hydrogens is 389 g/mol. The second-order valence-corrected chi connectivity index (χ2v) is 7.22. The number of likely N-dealkylation sites (tertiary alicyclic amines) is 1. The van der Waals surface area contributed by atoms with E-state index in [1.807, 2.05) is 7.05 Å². The van der Waals surface area contributed by atoms with E-state index in [0.717, 1.165) is 31.6 Å². The van der Waals surface area contributed by atoms with Gasteiger partial charge in [-0.25, -0.2) is 0 Å². The van der Waals surface area contributed by atoms with Crippen molar-refractivity contribution in [3.8, 4) is 0 Å². The van der Waals surface area contributed by atoms with E-state index in [-0.39, 0.29) is 24.0 Å². The summed E-state index contributed by atoms with van der Waals surface area (Å²) in [4.78, 5) is 6.93. The maximum Gasteiger partial charge on any atom is 0.193 e. The van der Waals surface area contributed by atoms with Crippen LogP contribution in [0.2, 0.25) is 0 Å². The Morgan fingerprint density at radius 3 is 2.68 bits per heavy atom. The van der Waals surface area contributed by atoms with E-state index in [0.29, 0.717) is 5.41 Å². The molecule has 1 saturated heterocycles. The first-order valence-corrected chi connectivity index (χ1v) is 8.85. The lowest BCUT2D eigenvalue weighted by atomic mass is 9.73. The highest BCUT2D eigenvalue weighted by atomic mass is 127. The summed E-state index contributed by atoms with van der Waals surface area (Å²) >= 11 is 0. The molecule has 0 aromatic carbocycles. The Kier molecular flexibility index (Phi) is 7.25. The summed E-state index contributed by atoms with van der Waals surface area (Å²) in [5.74, 6) is 1.93. The molecule has 1 aliphatic heterocycles. The number of halogens is 1. The highest BCUT2D eigenvalue weighted by molar-refractivity contribution is 14.0. The summed E-state index contributed by atoms with van der Waals surface area (Å²) in [5, 5.41) is 3.48. The fourth-order valence-electron chi connectivity index (χ4n) is 3.93. The van der Waals surface area contributed by atoms with Crippen LogP contribution in [0.15, 0.2) is 4.99 Å². The number of hydrogen-bond donors (Lipinski definition) is 1. The Bertz CT molecular complexity index is 365. The van der Waals surface area contributed by atoms with Gasteiger partial charge in [0.2, 0.25) is 0 Å². The minimum absolute atomic E-state index is 0. The molecule has 0 amide bonds. The van der Waals surface area contributed by atoms with Gasteiger partial charge >= 0.3 is 0 Å². The van der Waals surface area contributed by atoms with Gasteiger partial charge in [0, 0.05) is 33.3 Å². The molecule has 0 atom stereocenters. The molecular formula is C17H32IN3O. The number of guanidine groups is 1. The molecule has 1 heterocycles. The lowest BCUT2D eigenvalue weighted by Gasteiger charge is -2.33. The standard InChI is InChI=1S/C17H31N3O.HI/c1-18-16(19-10-12-21-13-15-5-6-15)20-11-9-17(14-20)7-3-2-4-8-17;/h15H,2-14H2,1H3,(H,18,19);1H. The summed E-state index contributed by atoms with van der Waals surface area (Å²) in [5.41, 5.74) is 0.596. The number of rotatable bonds is 5. The van der Waals surface area contributed by atoms with Gasteiger partial charge in [0.1, 0.15) is 0 Å². The molecule has 0 aromatic heterocycles. The summed E-state index contributed by atoms with van der Waals surface area (Å²) in [6, 6.07) is 0. The second-order valence-electron chi connectivity index (χ2n) is 7.22.